The fraction of sp³-hybridized carbons (Fsp3) is 0.143. The Bertz CT molecular complexity index is 5780. The van der Waals surface area contributed by atoms with E-state index in [9.17, 15) is 105 Å². The van der Waals surface area contributed by atoms with Crippen LogP contribution in [0.2, 0.25) is 0 Å². The first-order valence-electron chi connectivity index (χ1n) is 35.1. The highest BCUT2D eigenvalue weighted by atomic mass is 19.2. The molecule has 0 saturated heterocycles. The van der Waals surface area contributed by atoms with Crippen LogP contribution < -0.4 is 57.8 Å². The van der Waals surface area contributed by atoms with Crippen LogP contribution in [0, 0.1) is 140 Å². The summed E-state index contributed by atoms with van der Waals surface area (Å²) < 4.78 is 349. The zero-order valence-corrected chi connectivity index (χ0v) is 61.0. The first-order chi connectivity index (χ1) is 57.3. The largest absolute Gasteiger partial charge is 0.473 e. The molecule has 0 aliphatic carbocycles. The van der Waals surface area contributed by atoms with Gasteiger partial charge in [-0.05, 0) is 115 Å². The molecule has 0 fully saturated rings. The topological polar surface area (TPSA) is 74.8 Å². The van der Waals surface area contributed by atoms with Crippen LogP contribution >= 0.6 is 0 Å². The first-order valence-corrected chi connectivity index (χ1v) is 35.1. The van der Waals surface area contributed by atoms with Gasteiger partial charge in [-0.1, -0.05) is 0 Å². The van der Waals surface area contributed by atoms with Crippen LogP contribution in [-0.4, -0.2) is 40.4 Å². The lowest BCUT2D eigenvalue weighted by Crippen LogP contribution is -2.33. The molecule has 0 unspecified atom stereocenters. The molecule has 0 atom stereocenters. The molecule has 12 aromatic rings. The van der Waals surface area contributed by atoms with E-state index in [0.29, 0.717) is 75.9 Å². The van der Waals surface area contributed by atoms with E-state index in [2.05, 4.69) is 0 Å². The molecule has 0 spiro atoms. The summed E-state index contributed by atoms with van der Waals surface area (Å²) in [7, 11) is 0. The number of fused-ring (bicyclic) bond motifs is 6. The fourth-order valence-corrected chi connectivity index (χ4v) is 12.7. The summed E-state index contributed by atoms with van der Waals surface area (Å²) >= 11 is 0. The fourth-order valence-electron chi connectivity index (χ4n) is 12.7. The van der Waals surface area contributed by atoms with E-state index in [-0.39, 0.29) is 124 Å². The van der Waals surface area contributed by atoms with Crippen molar-refractivity contribution in [3.05, 3.63) is 355 Å². The van der Waals surface area contributed by atoms with Crippen molar-refractivity contribution in [3.63, 3.8) is 0 Å². The Morgan fingerprint density at radius 2 is 0.483 bits per heavy atom. The monoisotopic (exact) mass is 1700 g/mol. The van der Waals surface area contributed by atoms with E-state index in [1.165, 1.54) is 76.5 Å². The van der Waals surface area contributed by atoms with Crippen molar-refractivity contribution in [1.82, 2.24) is 0 Å². The minimum absolute atomic E-state index is 0.0141. The minimum Gasteiger partial charge on any atom is -0.473 e. The van der Waals surface area contributed by atoms with Crippen molar-refractivity contribution in [2.45, 2.75) is 39.3 Å². The van der Waals surface area contributed by atoms with E-state index in [4.69, 9.17) is 28.4 Å². The van der Waals surface area contributed by atoms with Crippen molar-refractivity contribution < 1.29 is 134 Å². The summed E-state index contributed by atoms with van der Waals surface area (Å²) in [6, 6.07) is 33.0. The summed E-state index contributed by atoms with van der Waals surface area (Å²) in [4.78, 5) is 8.81. The third-order valence-corrected chi connectivity index (χ3v) is 18.6. The zero-order valence-electron chi connectivity index (χ0n) is 61.0. The van der Waals surface area contributed by atoms with Gasteiger partial charge in [-0.3, -0.25) is 0 Å². The molecular formula is C84H54F24N6O6. The Hall–Kier alpha value is -13.4. The Morgan fingerprint density at radius 1 is 0.183 bits per heavy atom. The van der Waals surface area contributed by atoms with Gasteiger partial charge < -0.3 is 57.8 Å². The van der Waals surface area contributed by atoms with Crippen molar-refractivity contribution >= 4 is 34.1 Å². The van der Waals surface area contributed by atoms with Gasteiger partial charge >= 0.3 is 0 Å². The van der Waals surface area contributed by atoms with E-state index < -0.39 is 139 Å². The van der Waals surface area contributed by atoms with Gasteiger partial charge in [-0.15, -0.1) is 0 Å². The summed E-state index contributed by atoms with van der Waals surface area (Å²) in [6.45, 7) is 0.666. The molecule has 6 aliphatic heterocycles. The molecule has 36 heteroatoms. The van der Waals surface area contributed by atoms with E-state index in [0.717, 1.165) is 89.5 Å². The quantitative estimate of drug-likeness (QED) is 0.118. The van der Waals surface area contributed by atoms with Crippen LogP contribution in [0.3, 0.4) is 0 Å². The summed E-state index contributed by atoms with van der Waals surface area (Å²) in [5.41, 5.74) is 3.10. The average molecular weight is 1700 g/mol. The molecule has 12 nitrogen and oxygen atoms in total. The van der Waals surface area contributed by atoms with Gasteiger partial charge in [0, 0.05) is 125 Å². The van der Waals surface area contributed by atoms with Gasteiger partial charge in [0.2, 0.25) is 0 Å². The summed E-state index contributed by atoms with van der Waals surface area (Å²) in [5.74, 6) is -21.4. The van der Waals surface area contributed by atoms with Crippen molar-refractivity contribution in [2.24, 2.45) is 0 Å². The van der Waals surface area contributed by atoms with E-state index >= 15 is 0 Å². The lowest BCUT2D eigenvalue weighted by atomic mass is 10.1. The van der Waals surface area contributed by atoms with Crippen molar-refractivity contribution in [3.8, 4) is 34.5 Å². The zero-order chi connectivity index (χ0) is 85.7. The second kappa shape index (κ2) is 36.2. The minimum atomic E-state index is -1.52. The number of ether oxygens (including phenoxy) is 6. The number of halogens is 24. The van der Waals surface area contributed by atoms with Crippen LogP contribution in [-0.2, 0) is 39.3 Å². The molecular weight excluding hydrogens is 1640 g/mol. The van der Waals surface area contributed by atoms with Gasteiger partial charge in [0.05, 0.1) is 37.4 Å². The Balaban J connectivity index is 0.000000124. The smallest absolute Gasteiger partial charge is 0.195 e. The van der Waals surface area contributed by atoms with Gasteiger partial charge in [-0.25, -0.2) is 105 Å². The number of benzene rings is 12. The molecule has 0 radical (unpaired) electrons. The molecule has 0 saturated carbocycles. The maximum absolute atomic E-state index is 13.7. The van der Waals surface area contributed by atoms with Crippen LogP contribution in [0.15, 0.2) is 182 Å². The molecule has 12 aromatic carbocycles. The van der Waals surface area contributed by atoms with Crippen LogP contribution in [0.4, 0.5) is 139 Å². The standard InChI is InChI=1S/C14H8F5NO.4C14H9F4NO.C14H10F3NO/c15-8-2-11(18)14(12(19)3-8)20-5-7-1-9(16)10(17)4-13(7)21-6-20;15-8-1-3-9(4-2-8)19-6-10-12(20-7-19)5-11(16)14(18)13(10)17;15-9-1-2-13(12(18)4-9)19-6-8-3-10(16)11(17)5-14(8)20-7-19;15-10-2-1-9(4-12(10)17)19-6-8-3-11(16)13(18)5-14(8)20-7-19;15-9-1-2-13-8(3-9)6-19(7-20-13)14-11(17)4-10(16)5-12(14)18;15-10-1-3-11(4-2-10)18-7-9-5-12(16)13(17)6-14(9)19-8-18/h1-4H,5-6H2;4*1-5H,6-7H2;1-6H,7-8H2. The highest BCUT2D eigenvalue weighted by Crippen LogP contribution is 2.40. The van der Waals surface area contributed by atoms with Gasteiger partial charge in [0.25, 0.3) is 0 Å². The predicted octanol–water partition coefficient (Wildman–Crippen LogP) is 21.6. The molecule has 0 aromatic heterocycles. The van der Waals surface area contributed by atoms with Gasteiger partial charge in [0.1, 0.15) is 86.6 Å². The molecule has 0 amide bonds. The Morgan fingerprint density at radius 3 is 0.908 bits per heavy atom. The molecule has 6 aliphatic rings. The Labute approximate surface area is 664 Å². The van der Waals surface area contributed by atoms with Crippen LogP contribution in [0.1, 0.15) is 33.4 Å². The molecule has 6 heterocycles. The van der Waals surface area contributed by atoms with Gasteiger partial charge in [0.15, 0.2) is 139 Å². The van der Waals surface area contributed by atoms with Crippen LogP contribution in [0.25, 0.3) is 0 Å². The van der Waals surface area contributed by atoms with Gasteiger partial charge in [-0.2, -0.15) is 0 Å². The lowest BCUT2D eigenvalue weighted by molar-refractivity contribution is 0.278. The number of anilines is 6. The average Bonchev–Trinajstić information content (AvgIpc) is 0.792. The van der Waals surface area contributed by atoms with Crippen LogP contribution in [0.5, 0.6) is 34.5 Å². The van der Waals surface area contributed by atoms with E-state index in [1.54, 1.807) is 26.8 Å². The second-order valence-electron chi connectivity index (χ2n) is 26.6. The van der Waals surface area contributed by atoms with Crippen molar-refractivity contribution in [1.29, 1.82) is 0 Å². The normalized spacial score (nSPS) is 13.9. The summed E-state index contributed by atoms with van der Waals surface area (Å²) in [6.07, 6.45) is 0. The highest BCUT2D eigenvalue weighted by Gasteiger charge is 2.31. The maximum Gasteiger partial charge on any atom is 0.195 e. The SMILES string of the molecule is Fc1cc(F)c(N2COc3cc(F)c(F)cc3C2)c(F)c1.Fc1cc(F)c(N2COc3ccc(F)cc3C2)c(F)c1.Fc1ccc(N2COc3cc(F)c(F)c(F)c3C2)cc1.Fc1ccc(N2COc3cc(F)c(F)cc3C2)c(F)c1.Fc1ccc(N2COc3cc(F)c(F)cc3C2)cc1.Fc1ccc(N2COc3cc(F)c(F)cc3C2)cc1F. The molecule has 0 bridgehead atoms. The Kier molecular flexibility index (Phi) is 25.5. The molecule has 18 rings (SSSR count). The summed E-state index contributed by atoms with van der Waals surface area (Å²) in [5, 5.41) is 0. The molecule has 120 heavy (non-hydrogen) atoms. The third-order valence-electron chi connectivity index (χ3n) is 18.6. The number of rotatable bonds is 6. The number of hydrogen-bond acceptors (Lipinski definition) is 12. The number of hydrogen-bond donors (Lipinski definition) is 0. The van der Waals surface area contributed by atoms with E-state index in [1.807, 2.05) is 0 Å². The predicted molar refractivity (Wildman–Crippen MR) is 386 cm³/mol. The molecule has 0 N–H and O–H groups in total. The number of nitrogens with zero attached hydrogens (tertiary/aromatic N) is 6. The van der Waals surface area contributed by atoms with Crippen molar-refractivity contribution in [2.75, 3.05) is 69.8 Å². The first kappa shape index (κ1) is 84.5. The second-order valence-corrected chi connectivity index (χ2v) is 26.6. The maximum atomic E-state index is 13.7. The molecule has 624 valence electrons. The lowest BCUT2D eigenvalue weighted by Gasteiger charge is -2.31. The third kappa shape index (κ3) is 19.5. The highest BCUT2D eigenvalue weighted by molar-refractivity contribution is 5.58.